The molecule has 10 nitrogen and oxygen atoms in total. The van der Waals surface area contributed by atoms with Crippen LogP contribution in [-0.2, 0) is 26.6 Å². The summed E-state index contributed by atoms with van der Waals surface area (Å²) in [6.07, 6.45) is 4.97. The highest BCUT2D eigenvalue weighted by atomic mass is 35.5. The molecule has 0 radical (unpaired) electrons. The van der Waals surface area contributed by atoms with Crippen molar-refractivity contribution in [3.63, 3.8) is 0 Å². The van der Waals surface area contributed by atoms with E-state index in [2.05, 4.69) is 19.8 Å². The summed E-state index contributed by atoms with van der Waals surface area (Å²) in [6.45, 7) is 1.36. The smallest absolute Gasteiger partial charge is 0.302 e. The number of sulfonamides is 1. The highest BCUT2D eigenvalue weighted by molar-refractivity contribution is 7.92. The molecular formula is C22H23ClFN5O5S. The van der Waals surface area contributed by atoms with Crippen molar-refractivity contribution >= 4 is 33.4 Å². The lowest BCUT2D eigenvalue weighted by Gasteiger charge is -2.36. The van der Waals surface area contributed by atoms with Gasteiger partial charge < -0.3 is 9.47 Å². The third-order valence-corrected chi connectivity index (χ3v) is 7.35. The summed E-state index contributed by atoms with van der Waals surface area (Å²) in [5, 5.41) is 4.14. The highest BCUT2D eigenvalue weighted by Crippen LogP contribution is 2.39. The first-order valence-electron chi connectivity index (χ1n) is 10.7. The van der Waals surface area contributed by atoms with Crippen LogP contribution in [0.5, 0.6) is 5.75 Å². The van der Waals surface area contributed by atoms with Gasteiger partial charge in [-0.05, 0) is 37.5 Å². The van der Waals surface area contributed by atoms with Gasteiger partial charge in [0.1, 0.15) is 40.8 Å². The molecule has 35 heavy (non-hydrogen) atoms. The van der Waals surface area contributed by atoms with Crippen LogP contribution in [0, 0.1) is 5.82 Å². The molecular weight excluding hydrogens is 501 g/mol. The summed E-state index contributed by atoms with van der Waals surface area (Å²) in [5.74, 6) is -1.62. The number of aromatic nitrogens is 4. The van der Waals surface area contributed by atoms with Gasteiger partial charge in [-0.25, -0.2) is 22.8 Å². The zero-order valence-electron chi connectivity index (χ0n) is 18.9. The van der Waals surface area contributed by atoms with E-state index >= 15 is 0 Å². The maximum absolute atomic E-state index is 15.0. The van der Waals surface area contributed by atoms with Gasteiger partial charge >= 0.3 is 5.97 Å². The Morgan fingerprint density at radius 2 is 2.06 bits per heavy atom. The minimum absolute atomic E-state index is 0.00765. The Balaban J connectivity index is 1.58. The number of rotatable bonds is 7. The molecule has 186 valence electrons. The molecule has 1 saturated carbocycles. The minimum Gasteiger partial charge on any atom is -0.488 e. The number of anilines is 1. The summed E-state index contributed by atoms with van der Waals surface area (Å²) in [6, 6.07) is 5.13. The van der Waals surface area contributed by atoms with Crippen LogP contribution in [0.1, 0.15) is 37.8 Å². The minimum atomic E-state index is -4.30. The van der Waals surface area contributed by atoms with E-state index < -0.39 is 26.8 Å². The Morgan fingerprint density at radius 3 is 2.71 bits per heavy atom. The molecule has 1 aliphatic rings. The quantitative estimate of drug-likeness (QED) is 0.467. The highest BCUT2D eigenvalue weighted by Gasteiger charge is 2.37. The van der Waals surface area contributed by atoms with Crippen molar-refractivity contribution in [3.05, 3.63) is 59.5 Å². The second-order valence-corrected chi connectivity index (χ2v) is 10.2. The molecule has 2 aromatic heterocycles. The molecule has 0 bridgehead atoms. The van der Waals surface area contributed by atoms with Crippen LogP contribution in [0.3, 0.4) is 0 Å². The van der Waals surface area contributed by atoms with Crippen molar-refractivity contribution in [2.75, 3.05) is 4.72 Å². The lowest BCUT2D eigenvalue weighted by molar-refractivity contribution is -0.149. The topological polar surface area (TPSA) is 125 Å². The van der Waals surface area contributed by atoms with Crippen molar-refractivity contribution in [1.82, 2.24) is 19.7 Å². The molecule has 1 aromatic carbocycles. The van der Waals surface area contributed by atoms with Crippen LogP contribution in [0.4, 0.5) is 10.2 Å². The first kappa shape index (κ1) is 24.9. The zero-order chi connectivity index (χ0) is 25.2. The molecule has 0 spiro atoms. The SMILES string of the molecule is CC(=O)O[C@@H]1CC[C@H](Oc2cc(F)c(S(=O)(=O)Nc3ccncn3)cc2Cl)C(c2ccnn2C)C1. The lowest BCUT2D eigenvalue weighted by Crippen LogP contribution is -2.37. The van der Waals surface area contributed by atoms with Crippen molar-refractivity contribution in [1.29, 1.82) is 0 Å². The maximum atomic E-state index is 15.0. The number of ether oxygens (including phenoxy) is 2. The van der Waals surface area contributed by atoms with Gasteiger partial charge in [0.25, 0.3) is 10.0 Å². The molecule has 0 amide bonds. The van der Waals surface area contributed by atoms with Crippen LogP contribution < -0.4 is 9.46 Å². The van der Waals surface area contributed by atoms with Gasteiger partial charge in [0.2, 0.25) is 0 Å². The van der Waals surface area contributed by atoms with Gasteiger partial charge in [-0.2, -0.15) is 5.10 Å². The van der Waals surface area contributed by atoms with Gasteiger partial charge in [-0.1, -0.05) is 11.6 Å². The van der Waals surface area contributed by atoms with Gasteiger partial charge in [0, 0.05) is 44.0 Å². The van der Waals surface area contributed by atoms with Crippen molar-refractivity contribution in [2.24, 2.45) is 7.05 Å². The predicted octanol–water partition coefficient (Wildman–Crippen LogP) is 3.45. The maximum Gasteiger partial charge on any atom is 0.302 e. The molecule has 1 unspecified atom stereocenters. The van der Waals surface area contributed by atoms with Gasteiger partial charge in [0.15, 0.2) is 0 Å². The summed E-state index contributed by atoms with van der Waals surface area (Å²) >= 11 is 6.33. The molecule has 1 aliphatic carbocycles. The summed E-state index contributed by atoms with van der Waals surface area (Å²) < 4.78 is 55.7. The fourth-order valence-corrected chi connectivity index (χ4v) is 5.53. The van der Waals surface area contributed by atoms with Crippen molar-refractivity contribution < 1.29 is 27.1 Å². The van der Waals surface area contributed by atoms with Gasteiger partial charge in [0.05, 0.1) is 5.02 Å². The molecule has 3 aromatic rings. The number of carbonyl (C=O) groups is 1. The van der Waals surface area contributed by atoms with Crippen LogP contribution >= 0.6 is 11.6 Å². The van der Waals surface area contributed by atoms with E-state index in [0.29, 0.717) is 19.3 Å². The van der Waals surface area contributed by atoms with E-state index in [1.54, 1.807) is 17.9 Å². The monoisotopic (exact) mass is 523 g/mol. The second kappa shape index (κ2) is 10.2. The number of carbonyl (C=O) groups excluding carboxylic acids is 1. The molecule has 1 fully saturated rings. The van der Waals surface area contributed by atoms with E-state index in [1.165, 1.54) is 19.2 Å². The average Bonchev–Trinajstić information content (AvgIpc) is 3.22. The van der Waals surface area contributed by atoms with Crippen LogP contribution in [0.2, 0.25) is 5.02 Å². The first-order chi connectivity index (χ1) is 16.6. The Labute approximate surface area is 206 Å². The lowest BCUT2D eigenvalue weighted by atomic mass is 9.82. The Bertz CT molecular complexity index is 1320. The zero-order valence-corrected chi connectivity index (χ0v) is 20.5. The van der Waals surface area contributed by atoms with Crippen LogP contribution in [-0.4, -0.2) is 46.3 Å². The van der Waals surface area contributed by atoms with Crippen LogP contribution in [0.25, 0.3) is 0 Å². The molecule has 1 N–H and O–H groups in total. The number of hydrogen-bond acceptors (Lipinski definition) is 8. The number of halogens is 2. The van der Waals surface area contributed by atoms with Gasteiger partial charge in [-0.3, -0.25) is 14.2 Å². The third kappa shape index (κ3) is 5.70. The van der Waals surface area contributed by atoms with E-state index in [9.17, 15) is 17.6 Å². The number of benzene rings is 1. The predicted molar refractivity (Wildman–Crippen MR) is 124 cm³/mol. The Kier molecular flexibility index (Phi) is 7.22. The number of hydrogen-bond donors (Lipinski definition) is 1. The largest absolute Gasteiger partial charge is 0.488 e. The Morgan fingerprint density at radius 1 is 1.26 bits per heavy atom. The van der Waals surface area contributed by atoms with Crippen molar-refractivity contribution in [3.8, 4) is 5.75 Å². The molecule has 3 atom stereocenters. The molecule has 0 aliphatic heterocycles. The third-order valence-electron chi connectivity index (χ3n) is 5.69. The van der Waals surface area contributed by atoms with Gasteiger partial charge in [-0.15, -0.1) is 0 Å². The fraction of sp³-hybridized carbons (Fsp3) is 0.364. The molecule has 13 heteroatoms. The average molecular weight is 524 g/mol. The second-order valence-electron chi connectivity index (χ2n) is 8.10. The summed E-state index contributed by atoms with van der Waals surface area (Å²) in [7, 11) is -2.51. The van der Waals surface area contributed by atoms with Crippen LogP contribution in [0.15, 0.2) is 47.9 Å². The standard InChI is InChI=1S/C22H23ClFN5O5S/c1-13(30)33-14-3-4-19(15(9-14)18-5-8-27-29(18)2)34-20-11-17(24)21(10-16(20)23)35(31,32)28-22-6-7-25-12-26-22/h5-8,10-12,14-15,19H,3-4,9H2,1-2H3,(H,25,26,28)/t14-,15?,19+/m1/s1. The van der Waals surface area contributed by atoms with E-state index in [4.69, 9.17) is 21.1 Å². The normalized spacial score (nSPS) is 20.3. The molecule has 0 saturated heterocycles. The number of esters is 1. The molecule has 4 rings (SSSR count). The number of nitrogens with zero attached hydrogens (tertiary/aromatic N) is 4. The molecule has 2 heterocycles. The first-order valence-corrected chi connectivity index (χ1v) is 12.6. The summed E-state index contributed by atoms with van der Waals surface area (Å²) in [4.78, 5) is 18.3. The van der Waals surface area contributed by atoms with E-state index in [-0.39, 0.29) is 34.6 Å². The number of aryl methyl sites for hydroxylation is 1. The van der Waals surface area contributed by atoms with E-state index in [1.807, 2.05) is 6.07 Å². The van der Waals surface area contributed by atoms with E-state index in [0.717, 1.165) is 24.2 Å². The van der Waals surface area contributed by atoms with Crippen molar-refractivity contribution in [2.45, 2.75) is 49.2 Å². The number of nitrogens with one attached hydrogen (secondary N) is 1. The fourth-order valence-electron chi connectivity index (χ4n) is 4.16. The Hall–Kier alpha value is -3.25. The summed E-state index contributed by atoms with van der Waals surface area (Å²) in [5.41, 5.74) is 0.858.